The van der Waals surface area contributed by atoms with E-state index >= 15 is 0 Å². The summed E-state index contributed by atoms with van der Waals surface area (Å²) in [5, 5.41) is 11.6. The topological polar surface area (TPSA) is 83.4 Å². The molecule has 8 nitrogen and oxygen atoms in total. The summed E-state index contributed by atoms with van der Waals surface area (Å²) in [6.07, 6.45) is 1.67. The van der Waals surface area contributed by atoms with Gasteiger partial charge in [0, 0.05) is 38.8 Å². The van der Waals surface area contributed by atoms with E-state index in [0.29, 0.717) is 25.4 Å². The average Bonchev–Trinajstić information content (AvgIpc) is 3.00. The molecule has 0 atom stereocenters. The monoisotopic (exact) mass is 354 g/mol. The van der Waals surface area contributed by atoms with Crippen LogP contribution in [-0.2, 0) is 16.1 Å². The van der Waals surface area contributed by atoms with Crippen LogP contribution in [0, 0.1) is 0 Å². The highest BCUT2D eigenvalue weighted by Gasteiger charge is 2.23. The van der Waals surface area contributed by atoms with Gasteiger partial charge in [-0.1, -0.05) is 11.8 Å². The number of carbonyl (C=O) groups excluding carboxylic acids is 2. The number of rotatable bonds is 7. The van der Waals surface area contributed by atoms with E-state index in [-0.39, 0.29) is 17.9 Å². The van der Waals surface area contributed by atoms with Crippen LogP contribution >= 0.6 is 11.8 Å². The zero-order valence-corrected chi connectivity index (χ0v) is 15.4. The summed E-state index contributed by atoms with van der Waals surface area (Å²) in [7, 11) is 0. The van der Waals surface area contributed by atoms with Crippen molar-refractivity contribution in [1.82, 2.24) is 29.9 Å². The molecule has 1 aliphatic rings. The van der Waals surface area contributed by atoms with Crippen molar-refractivity contribution in [2.75, 3.05) is 38.5 Å². The third kappa shape index (κ3) is 5.48. The molecule has 0 saturated carbocycles. The van der Waals surface area contributed by atoms with Crippen molar-refractivity contribution in [3.05, 3.63) is 6.33 Å². The Kier molecular flexibility index (Phi) is 7.04. The normalized spacial score (nSPS) is 15.8. The summed E-state index contributed by atoms with van der Waals surface area (Å²) < 4.78 is 1.92. The predicted molar refractivity (Wildman–Crippen MR) is 92.7 cm³/mol. The molecule has 9 heteroatoms. The SMILES string of the molecule is CCn1cnnc1SCC(=O)N1CCN(CC(=O)NC(C)C)CC1. The number of nitrogens with one attached hydrogen (secondary N) is 1. The Morgan fingerprint density at radius 1 is 1.29 bits per heavy atom. The van der Waals surface area contributed by atoms with E-state index in [2.05, 4.69) is 20.4 Å². The van der Waals surface area contributed by atoms with E-state index in [1.807, 2.05) is 30.2 Å². The van der Waals surface area contributed by atoms with Crippen molar-refractivity contribution in [2.45, 2.75) is 38.5 Å². The van der Waals surface area contributed by atoms with Gasteiger partial charge in [-0.3, -0.25) is 14.5 Å². The Balaban J connectivity index is 1.71. The first-order valence-electron chi connectivity index (χ1n) is 8.29. The average molecular weight is 354 g/mol. The molecule has 0 aromatic carbocycles. The molecule has 24 heavy (non-hydrogen) atoms. The predicted octanol–water partition coefficient (Wildman–Crippen LogP) is 0.0589. The van der Waals surface area contributed by atoms with Crippen LogP contribution in [0.4, 0.5) is 0 Å². The zero-order valence-electron chi connectivity index (χ0n) is 14.6. The third-order valence-electron chi connectivity index (χ3n) is 3.79. The molecule has 1 N–H and O–H groups in total. The lowest BCUT2D eigenvalue weighted by molar-refractivity contribution is -0.130. The number of aryl methyl sites for hydroxylation is 1. The van der Waals surface area contributed by atoms with E-state index in [4.69, 9.17) is 0 Å². The fraction of sp³-hybridized carbons (Fsp3) is 0.733. The van der Waals surface area contributed by atoms with Gasteiger partial charge in [-0.15, -0.1) is 10.2 Å². The van der Waals surface area contributed by atoms with Crippen LogP contribution in [0.5, 0.6) is 0 Å². The molecular formula is C15H26N6O2S. The number of piperazine rings is 1. The molecular weight excluding hydrogens is 328 g/mol. The largest absolute Gasteiger partial charge is 0.353 e. The van der Waals surface area contributed by atoms with Gasteiger partial charge in [0.2, 0.25) is 11.8 Å². The molecule has 2 heterocycles. The second-order valence-corrected chi connectivity index (χ2v) is 7.01. The van der Waals surface area contributed by atoms with Gasteiger partial charge >= 0.3 is 0 Å². The van der Waals surface area contributed by atoms with Gasteiger partial charge < -0.3 is 14.8 Å². The molecule has 2 rings (SSSR count). The number of hydrogen-bond donors (Lipinski definition) is 1. The fourth-order valence-electron chi connectivity index (χ4n) is 2.52. The number of nitrogens with zero attached hydrogens (tertiary/aromatic N) is 5. The van der Waals surface area contributed by atoms with Gasteiger partial charge in [-0.05, 0) is 20.8 Å². The molecule has 134 valence electrons. The summed E-state index contributed by atoms with van der Waals surface area (Å²) in [4.78, 5) is 28.0. The molecule has 1 aromatic heterocycles. The summed E-state index contributed by atoms with van der Waals surface area (Å²) >= 11 is 1.42. The minimum atomic E-state index is 0.0410. The number of aromatic nitrogens is 3. The van der Waals surface area contributed by atoms with Crippen molar-refractivity contribution in [3.63, 3.8) is 0 Å². The van der Waals surface area contributed by atoms with Crippen LogP contribution in [0.3, 0.4) is 0 Å². The van der Waals surface area contributed by atoms with Crippen molar-refractivity contribution in [2.24, 2.45) is 0 Å². The van der Waals surface area contributed by atoms with Crippen LogP contribution < -0.4 is 5.32 Å². The number of amides is 2. The molecule has 1 fully saturated rings. The van der Waals surface area contributed by atoms with E-state index in [1.54, 1.807) is 6.33 Å². The minimum Gasteiger partial charge on any atom is -0.353 e. The highest BCUT2D eigenvalue weighted by atomic mass is 32.2. The van der Waals surface area contributed by atoms with Gasteiger partial charge in [0.15, 0.2) is 5.16 Å². The summed E-state index contributed by atoms with van der Waals surface area (Å²) in [5.74, 6) is 0.517. The van der Waals surface area contributed by atoms with Crippen molar-refractivity contribution < 1.29 is 9.59 Å². The van der Waals surface area contributed by atoms with E-state index in [0.717, 1.165) is 24.8 Å². The van der Waals surface area contributed by atoms with Crippen LogP contribution in [0.25, 0.3) is 0 Å². The lowest BCUT2D eigenvalue weighted by Crippen LogP contribution is -2.52. The Labute approximate surface area is 147 Å². The first kappa shape index (κ1) is 18.7. The third-order valence-corrected chi connectivity index (χ3v) is 4.75. The smallest absolute Gasteiger partial charge is 0.234 e. The van der Waals surface area contributed by atoms with Crippen molar-refractivity contribution in [3.8, 4) is 0 Å². The number of carbonyl (C=O) groups is 2. The molecule has 1 saturated heterocycles. The minimum absolute atomic E-state index is 0.0410. The van der Waals surface area contributed by atoms with Gasteiger partial charge in [0.1, 0.15) is 6.33 Å². The second kappa shape index (κ2) is 9.03. The fourth-order valence-corrected chi connectivity index (χ4v) is 3.40. The van der Waals surface area contributed by atoms with Crippen LogP contribution in [-0.4, -0.2) is 80.9 Å². The standard InChI is InChI=1S/C15H26N6O2S/c1-4-20-11-16-18-15(20)24-10-14(23)21-7-5-19(6-8-21)9-13(22)17-12(2)3/h11-12H,4-10H2,1-3H3,(H,17,22). The highest BCUT2D eigenvalue weighted by molar-refractivity contribution is 7.99. The summed E-state index contributed by atoms with van der Waals surface area (Å²) in [6, 6.07) is 0.155. The second-order valence-electron chi connectivity index (χ2n) is 6.07. The Morgan fingerprint density at radius 2 is 2.00 bits per heavy atom. The van der Waals surface area contributed by atoms with Gasteiger partial charge in [-0.2, -0.15) is 0 Å². The van der Waals surface area contributed by atoms with Crippen molar-refractivity contribution in [1.29, 1.82) is 0 Å². The molecule has 0 spiro atoms. The highest BCUT2D eigenvalue weighted by Crippen LogP contribution is 2.15. The molecule has 2 amide bonds. The molecule has 0 radical (unpaired) electrons. The molecule has 1 aliphatic heterocycles. The quantitative estimate of drug-likeness (QED) is 0.697. The summed E-state index contributed by atoms with van der Waals surface area (Å²) in [5.41, 5.74) is 0. The van der Waals surface area contributed by atoms with Crippen LogP contribution in [0.1, 0.15) is 20.8 Å². The maximum atomic E-state index is 12.3. The molecule has 0 unspecified atom stereocenters. The van der Waals surface area contributed by atoms with E-state index in [1.165, 1.54) is 11.8 Å². The molecule has 0 bridgehead atoms. The number of thioether (sulfide) groups is 1. The Hall–Kier alpha value is -1.61. The van der Waals surface area contributed by atoms with Gasteiger partial charge in [0.25, 0.3) is 0 Å². The van der Waals surface area contributed by atoms with Crippen LogP contribution in [0.2, 0.25) is 0 Å². The molecule has 1 aromatic rings. The first-order chi connectivity index (χ1) is 11.5. The van der Waals surface area contributed by atoms with Crippen LogP contribution in [0.15, 0.2) is 11.5 Å². The first-order valence-corrected chi connectivity index (χ1v) is 9.28. The van der Waals surface area contributed by atoms with E-state index in [9.17, 15) is 9.59 Å². The maximum absolute atomic E-state index is 12.3. The lowest BCUT2D eigenvalue weighted by atomic mass is 10.3. The maximum Gasteiger partial charge on any atom is 0.234 e. The van der Waals surface area contributed by atoms with Crippen molar-refractivity contribution >= 4 is 23.6 Å². The Morgan fingerprint density at radius 3 is 2.62 bits per heavy atom. The number of hydrogen-bond acceptors (Lipinski definition) is 6. The van der Waals surface area contributed by atoms with Gasteiger partial charge in [0.05, 0.1) is 12.3 Å². The van der Waals surface area contributed by atoms with Gasteiger partial charge in [-0.25, -0.2) is 0 Å². The Bertz CT molecular complexity index is 554. The molecule has 0 aliphatic carbocycles. The lowest BCUT2D eigenvalue weighted by Gasteiger charge is -2.34. The van der Waals surface area contributed by atoms with E-state index < -0.39 is 0 Å². The zero-order chi connectivity index (χ0) is 17.5. The summed E-state index contributed by atoms with van der Waals surface area (Å²) in [6.45, 7) is 9.89.